The van der Waals surface area contributed by atoms with Crippen molar-refractivity contribution in [3.63, 3.8) is 0 Å². The molecule has 5 heteroatoms. The van der Waals surface area contributed by atoms with Crippen molar-refractivity contribution in [2.45, 2.75) is 12.3 Å². The highest BCUT2D eigenvalue weighted by Crippen LogP contribution is 2.16. The third-order valence-electron chi connectivity index (χ3n) is 2.33. The van der Waals surface area contributed by atoms with Crippen LogP contribution in [0.4, 0.5) is 4.79 Å². The molecule has 13 heavy (non-hydrogen) atoms. The van der Waals surface area contributed by atoms with Gasteiger partial charge in [-0.3, -0.25) is 4.90 Å². The van der Waals surface area contributed by atoms with E-state index in [-0.39, 0.29) is 18.4 Å². The van der Waals surface area contributed by atoms with Gasteiger partial charge in [-0.1, -0.05) is 0 Å². The van der Waals surface area contributed by atoms with E-state index in [1.54, 1.807) is 33.2 Å². The first-order valence-corrected chi connectivity index (χ1v) is 4.15. The number of methoxy groups -OCH3 is 2. The standard InChI is InChI=1S/C8H16N2O3/c1-9-5-6(12-3)7(13-4)10(2)8(9)11/h6-7H,5H2,1-4H3. The highest BCUT2D eigenvalue weighted by atomic mass is 16.5. The van der Waals surface area contributed by atoms with E-state index >= 15 is 0 Å². The van der Waals surface area contributed by atoms with Crippen LogP contribution in [0.1, 0.15) is 0 Å². The van der Waals surface area contributed by atoms with Gasteiger partial charge in [0, 0.05) is 28.3 Å². The second-order valence-corrected chi connectivity index (χ2v) is 3.17. The van der Waals surface area contributed by atoms with Gasteiger partial charge in [0.15, 0.2) is 6.23 Å². The maximum absolute atomic E-state index is 11.5. The fourth-order valence-corrected chi connectivity index (χ4v) is 1.57. The molecule has 76 valence electrons. The molecule has 0 spiro atoms. The molecule has 2 amide bonds. The van der Waals surface area contributed by atoms with Crippen LogP contribution in [0.2, 0.25) is 0 Å². The normalized spacial score (nSPS) is 29.7. The number of hydrogen-bond donors (Lipinski definition) is 0. The van der Waals surface area contributed by atoms with E-state index in [0.717, 1.165) is 0 Å². The molecule has 0 aliphatic carbocycles. The van der Waals surface area contributed by atoms with Gasteiger partial charge in [-0.25, -0.2) is 4.79 Å². The monoisotopic (exact) mass is 188 g/mol. The Morgan fingerprint density at radius 1 is 1.31 bits per heavy atom. The van der Waals surface area contributed by atoms with E-state index in [9.17, 15) is 4.79 Å². The second kappa shape index (κ2) is 3.93. The molecular formula is C8H16N2O3. The van der Waals surface area contributed by atoms with Crippen molar-refractivity contribution in [2.75, 3.05) is 34.9 Å². The number of carbonyl (C=O) groups is 1. The van der Waals surface area contributed by atoms with Crippen molar-refractivity contribution in [2.24, 2.45) is 0 Å². The summed E-state index contributed by atoms with van der Waals surface area (Å²) in [6.45, 7) is 0.568. The van der Waals surface area contributed by atoms with Crippen molar-refractivity contribution in [3.05, 3.63) is 0 Å². The predicted molar refractivity (Wildman–Crippen MR) is 47.4 cm³/mol. The van der Waals surface area contributed by atoms with Crippen LogP contribution in [0.15, 0.2) is 0 Å². The number of ether oxygens (including phenoxy) is 2. The van der Waals surface area contributed by atoms with Crippen molar-refractivity contribution < 1.29 is 14.3 Å². The van der Waals surface area contributed by atoms with Crippen LogP contribution in [0.5, 0.6) is 0 Å². The van der Waals surface area contributed by atoms with Crippen LogP contribution >= 0.6 is 0 Å². The smallest absolute Gasteiger partial charge is 0.321 e. The maximum Gasteiger partial charge on any atom is 0.321 e. The summed E-state index contributed by atoms with van der Waals surface area (Å²) >= 11 is 0. The van der Waals surface area contributed by atoms with Gasteiger partial charge < -0.3 is 14.4 Å². The number of urea groups is 1. The van der Waals surface area contributed by atoms with Crippen LogP contribution in [-0.2, 0) is 9.47 Å². The van der Waals surface area contributed by atoms with Gasteiger partial charge in [0.05, 0.1) is 6.54 Å². The molecule has 0 aromatic rings. The summed E-state index contributed by atoms with van der Waals surface area (Å²) in [7, 11) is 6.65. The summed E-state index contributed by atoms with van der Waals surface area (Å²) in [5, 5.41) is 0. The van der Waals surface area contributed by atoms with Crippen LogP contribution in [0.25, 0.3) is 0 Å². The Hall–Kier alpha value is -0.810. The zero-order valence-electron chi connectivity index (χ0n) is 8.48. The summed E-state index contributed by atoms with van der Waals surface area (Å²) in [5.74, 6) is 0. The molecule has 0 saturated carbocycles. The molecule has 1 heterocycles. The molecule has 5 nitrogen and oxygen atoms in total. The summed E-state index contributed by atoms with van der Waals surface area (Å²) in [6.07, 6.45) is -0.369. The minimum Gasteiger partial charge on any atom is -0.375 e. The van der Waals surface area contributed by atoms with Gasteiger partial charge in [-0.05, 0) is 0 Å². The lowest BCUT2D eigenvalue weighted by atomic mass is 10.2. The van der Waals surface area contributed by atoms with E-state index < -0.39 is 0 Å². The van der Waals surface area contributed by atoms with Gasteiger partial charge in [0.25, 0.3) is 0 Å². The van der Waals surface area contributed by atoms with Gasteiger partial charge in [-0.2, -0.15) is 0 Å². The second-order valence-electron chi connectivity index (χ2n) is 3.17. The maximum atomic E-state index is 11.5. The van der Waals surface area contributed by atoms with Crippen LogP contribution in [0, 0.1) is 0 Å². The zero-order valence-corrected chi connectivity index (χ0v) is 8.48. The summed E-state index contributed by atoms with van der Waals surface area (Å²) < 4.78 is 10.4. The SMILES string of the molecule is COC1CN(C)C(=O)N(C)C1OC. The number of amides is 2. The Labute approximate surface area is 78.2 Å². The highest BCUT2D eigenvalue weighted by Gasteiger charge is 2.36. The minimum absolute atomic E-state index is 0.0415. The largest absolute Gasteiger partial charge is 0.375 e. The van der Waals surface area contributed by atoms with E-state index in [1.165, 1.54) is 4.90 Å². The number of nitrogens with zero attached hydrogens (tertiary/aromatic N) is 2. The van der Waals surface area contributed by atoms with Crippen LogP contribution in [0.3, 0.4) is 0 Å². The minimum atomic E-state index is -0.284. The lowest BCUT2D eigenvalue weighted by molar-refractivity contribution is -0.120. The molecule has 0 radical (unpaired) electrons. The summed E-state index contributed by atoms with van der Waals surface area (Å²) in [5.41, 5.74) is 0. The molecule has 1 fully saturated rings. The molecule has 1 saturated heterocycles. The Balaban J connectivity index is 2.74. The predicted octanol–water partition coefficient (Wildman–Crippen LogP) is -0.0289. The van der Waals surface area contributed by atoms with Crippen molar-refractivity contribution >= 4 is 6.03 Å². The zero-order chi connectivity index (χ0) is 10.0. The third-order valence-corrected chi connectivity index (χ3v) is 2.33. The topological polar surface area (TPSA) is 42.0 Å². The number of likely N-dealkylation sites (N-methyl/N-ethyl adjacent to an activating group) is 2. The summed E-state index contributed by atoms with van der Waals surface area (Å²) in [6, 6.07) is -0.0415. The Bertz CT molecular complexity index is 198. The fourth-order valence-electron chi connectivity index (χ4n) is 1.57. The van der Waals surface area contributed by atoms with Crippen LogP contribution < -0.4 is 0 Å². The van der Waals surface area contributed by atoms with Gasteiger partial charge in [0.2, 0.25) is 0 Å². The molecular weight excluding hydrogens is 172 g/mol. The fraction of sp³-hybridized carbons (Fsp3) is 0.875. The first-order chi connectivity index (χ1) is 6.11. The Kier molecular flexibility index (Phi) is 3.11. The van der Waals surface area contributed by atoms with E-state index in [0.29, 0.717) is 6.54 Å². The summed E-state index contributed by atoms with van der Waals surface area (Å²) in [4.78, 5) is 14.6. The molecule has 1 rings (SSSR count). The van der Waals surface area contributed by atoms with Gasteiger partial charge >= 0.3 is 6.03 Å². The highest BCUT2D eigenvalue weighted by molar-refractivity contribution is 5.75. The van der Waals surface area contributed by atoms with Crippen LogP contribution in [-0.4, -0.2) is 63.0 Å². The number of carbonyl (C=O) groups excluding carboxylic acids is 1. The van der Waals surface area contributed by atoms with Crippen molar-refractivity contribution in [1.82, 2.24) is 9.80 Å². The van der Waals surface area contributed by atoms with E-state index in [2.05, 4.69) is 0 Å². The molecule has 0 N–H and O–H groups in total. The molecule has 1 aliphatic heterocycles. The van der Waals surface area contributed by atoms with Gasteiger partial charge in [0.1, 0.15) is 6.10 Å². The first kappa shape index (κ1) is 10.3. The van der Waals surface area contributed by atoms with E-state index in [4.69, 9.17) is 9.47 Å². The Morgan fingerprint density at radius 2 is 1.92 bits per heavy atom. The van der Waals surface area contributed by atoms with E-state index in [1.807, 2.05) is 0 Å². The molecule has 0 aromatic heterocycles. The molecule has 1 aliphatic rings. The van der Waals surface area contributed by atoms with Crippen molar-refractivity contribution in [1.29, 1.82) is 0 Å². The number of rotatable bonds is 2. The number of hydrogen-bond acceptors (Lipinski definition) is 3. The average Bonchev–Trinajstić information content (AvgIpc) is 2.13. The van der Waals surface area contributed by atoms with Gasteiger partial charge in [-0.15, -0.1) is 0 Å². The molecule has 2 unspecified atom stereocenters. The quantitative estimate of drug-likeness (QED) is 0.611. The lowest BCUT2D eigenvalue weighted by Gasteiger charge is -2.41. The first-order valence-electron chi connectivity index (χ1n) is 4.15. The molecule has 0 bridgehead atoms. The molecule has 2 atom stereocenters. The Morgan fingerprint density at radius 3 is 2.38 bits per heavy atom. The molecule has 0 aromatic carbocycles. The lowest BCUT2D eigenvalue weighted by Crippen LogP contribution is -2.59. The van der Waals surface area contributed by atoms with Crippen molar-refractivity contribution in [3.8, 4) is 0 Å². The third kappa shape index (κ3) is 1.76. The average molecular weight is 188 g/mol.